The lowest BCUT2D eigenvalue weighted by Gasteiger charge is -2.11. The molecule has 0 spiro atoms. The molecular formula is C17H16F3NO5S. The fourth-order valence-electron chi connectivity index (χ4n) is 1.58. The molecule has 27 heavy (non-hydrogen) atoms. The Labute approximate surface area is 157 Å². The molecule has 0 aromatic heterocycles. The van der Waals surface area contributed by atoms with Crippen LogP contribution < -0.4 is 14.2 Å². The van der Waals surface area contributed by atoms with Crippen molar-refractivity contribution < 1.29 is 37.0 Å². The number of benzene rings is 1. The molecule has 0 aliphatic rings. The van der Waals surface area contributed by atoms with E-state index in [-0.39, 0.29) is 28.2 Å². The second-order valence-corrected chi connectivity index (χ2v) is 6.27. The van der Waals surface area contributed by atoms with Gasteiger partial charge in [-0.3, -0.25) is 9.52 Å². The number of esters is 2. The fraction of sp³-hybridized carbons (Fsp3) is 0.235. The first-order chi connectivity index (χ1) is 12.4. The topological polar surface area (TPSA) is 81.7 Å². The Morgan fingerprint density at radius 1 is 1.00 bits per heavy atom. The Morgan fingerprint density at radius 3 is 1.81 bits per heavy atom. The van der Waals surface area contributed by atoms with Gasteiger partial charge in [0, 0.05) is 17.2 Å². The molecule has 0 aliphatic heterocycles. The van der Waals surface area contributed by atoms with Crippen molar-refractivity contribution in [2.45, 2.75) is 25.8 Å². The quantitative estimate of drug-likeness (QED) is 0.325. The summed E-state index contributed by atoms with van der Waals surface area (Å²) in [4.78, 5) is 35.0. The minimum atomic E-state index is -4.63. The molecule has 0 saturated carbocycles. The maximum Gasteiger partial charge on any atom is 0.461 e. The predicted octanol–water partition coefficient (Wildman–Crippen LogP) is 3.48. The van der Waals surface area contributed by atoms with Crippen molar-refractivity contribution >= 4 is 29.8 Å². The molecule has 0 radical (unpaired) electrons. The van der Waals surface area contributed by atoms with Gasteiger partial charge in [-0.1, -0.05) is 13.2 Å². The van der Waals surface area contributed by atoms with E-state index in [0.29, 0.717) is 0 Å². The normalized spacial score (nSPS) is 10.7. The molecule has 6 nitrogen and oxygen atoms in total. The average Bonchev–Trinajstić information content (AvgIpc) is 2.51. The zero-order valence-corrected chi connectivity index (χ0v) is 15.3. The summed E-state index contributed by atoms with van der Waals surface area (Å²) < 4.78 is 48.1. The van der Waals surface area contributed by atoms with Crippen molar-refractivity contribution in [1.82, 2.24) is 4.72 Å². The van der Waals surface area contributed by atoms with Crippen LogP contribution in [-0.2, 0) is 20.8 Å². The second kappa shape index (κ2) is 9.26. The molecule has 0 bridgehead atoms. The van der Waals surface area contributed by atoms with E-state index in [9.17, 15) is 27.6 Å². The smallest absolute Gasteiger partial charge is 0.423 e. The Hall–Kier alpha value is -2.75. The molecule has 0 atom stereocenters. The number of alkyl halides is 3. The minimum Gasteiger partial charge on any atom is -0.423 e. The highest BCUT2D eigenvalue weighted by atomic mass is 32.2. The number of hydrogen-bond acceptors (Lipinski definition) is 6. The monoisotopic (exact) mass is 403 g/mol. The highest BCUT2D eigenvalue weighted by Crippen LogP contribution is 2.28. The molecule has 0 heterocycles. The molecule has 0 fully saturated rings. The van der Waals surface area contributed by atoms with Gasteiger partial charge in [0.2, 0.25) is 5.91 Å². The predicted molar refractivity (Wildman–Crippen MR) is 92.8 cm³/mol. The number of carbonyl (C=O) groups is 3. The molecular weight excluding hydrogens is 387 g/mol. The van der Waals surface area contributed by atoms with Crippen LogP contribution in [0.1, 0.15) is 19.4 Å². The van der Waals surface area contributed by atoms with Crippen molar-refractivity contribution in [2.24, 2.45) is 0 Å². The molecule has 1 amide bonds. The SMILES string of the molecule is C=C(C)C(=O)Oc1cc(CC(=O)NSC(F)(F)F)cc(OC(=O)C(=C)C)c1. The summed E-state index contributed by atoms with van der Waals surface area (Å²) in [5.74, 6) is -2.61. The summed E-state index contributed by atoms with van der Waals surface area (Å²) in [6.07, 6.45) is -0.473. The number of carbonyl (C=O) groups excluding carboxylic acids is 3. The zero-order chi connectivity index (χ0) is 20.8. The van der Waals surface area contributed by atoms with Gasteiger partial charge in [-0.15, -0.1) is 0 Å². The van der Waals surface area contributed by atoms with Gasteiger partial charge >= 0.3 is 17.4 Å². The molecule has 1 rings (SSSR count). The van der Waals surface area contributed by atoms with Gasteiger partial charge in [0.25, 0.3) is 0 Å². The van der Waals surface area contributed by atoms with Crippen LogP contribution >= 0.6 is 11.9 Å². The van der Waals surface area contributed by atoms with Crippen LogP contribution in [0.4, 0.5) is 13.2 Å². The van der Waals surface area contributed by atoms with Gasteiger partial charge in [0.15, 0.2) is 0 Å². The minimum absolute atomic E-state index is 0.0683. The van der Waals surface area contributed by atoms with Crippen molar-refractivity contribution in [3.8, 4) is 11.5 Å². The maximum absolute atomic E-state index is 12.1. The molecule has 1 aromatic carbocycles. The molecule has 146 valence electrons. The number of hydrogen-bond donors (Lipinski definition) is 1. The van der Waals surface area contributed by atoms with Gasteiger partial charge in [-0.25, -0.2) is 9.59 Å². The molecule has 1 N–H and O–H groups in total. The van der Waals surface area contributed by atoms with Crippen molar-refractivity contribution in [3.05, 3.63) is 48.1 Å². The highest BCUT2D eigenvalue weighted by molar-refractivity contribution is 7.98. The summed E-state index contributed by atoms with van der Waals surface area (Å²) in [6.45, 7) is 9.66. The largest absolute Gasteiger partial charge is 0.461 e. The highest BCUT2D eigenvalue weighted by Gasteiger charge is 2.30. The first kappa shape index (κ1) is 22.3. The van der Waals surface area contributed by atoms with Gasteiger partial charge < -0.3 is 9.47 Å². The van der Waals surface area contributed by atoms with Crippen LogP contribution in [0.5, 0.6) is 11.5 Å². The Bertz CT molecular complexity index is 743. The van der Waals surface area contributed by atoms with E-state index < -0.39 is 41.7 Å². The first-order valence-electron chi connectivity index (χ1n) is 7.30. The number of halogens is 3. The molecule has 0 aliphatic carbocycles. The molecule has 10 heteroatoms. The molecule has 0 saturated heterocycles. The van der Waals surface area contributed by atoms with Gasteiger partial charge in [0.05, 0.1) is 18.4 Å². The number of rotatable bonds is 7. The summed E-state index contributed by atoms with van der Waals surface area (Å²) in [5, 5.41) is 0. The van der Waals surface area contributed by atoms with Crippen molar-refractivity contribution in [3.63, 3.8) is 0 Å². The maximum atomic E-state index is 12.1. The van der Waals surface area contributed by atoms with E-state index in [1.54, 1.807) is 4.72 Å². The van der Waals surface area contributed by atoms with Crippen LogP contribution in [0.2, 0.25) is 0 Å². The Morgan fingerprint density at radius 2 is 1.44 bits per heavy atom. The first-order valence-corrected chi connectivity index (χ1v) is 8.12. The van der Waals surface area contributed by atoms with Crippen LogP contribution in [0.25, 0.3) is 0 Å². The van der Waals surface area contributed by atoms with Gasteiger partial charge in [-0.05, 0) is 31.5 Å². The fourth-order valence-corrected chi connectivity index (χ4v) is 1.88. The van der Waals surface area contributed by atoms with E-state index >= 15 is 0 Å². The third-order valence-corrected chi connectivity index (χ3v) is 3.26. The Kier molecular flexibility index (Phi) is 7.65. The van der Waals surface area contributed by atoms with Gasteiger partial charge in [-0.2, -0.15) is 13.2 Å². The van der Waals surface area contributed by atoms with E-state index in [1.807, 2.05) is 0 Å². The second-order valence-electron chi connectivity index (χ2n) is 5.40. The van der Waals surface area contributed by atoms with Crippen molar-refractivity contribution in [1.29, 1.82) is 0 Å². The number of nitrogens with one attached hydrogen (secondary N) is 1. The van der Waals surface area contributed by atoms with Crippen LogP contribution in [0.3, 0.4) is 0 Å². The van der Waals surface area contributed by atoms with E-state index in [4.69, 9.17) is 9.47 Å². The lowest BCUT2D eigenvalue weighted by atomic mass is 10.1. The lowest BCUT2D eigenvalue weighted by molar-refractivity contribution is -0.130. The van der Waals surface area contributed by atoms with E-state index in [1.165, 1.54) is 32.0 Å². The summed E-state index contributed by atoms with van der Waals surface area (Å²) in [5.41, 5.74) is -4.27. The van der Waals surface area contributed by atoms with E-state index in [0.717, 1.165) is 0 Å². The standard InChI is InChI=1S/C17H16F3NO5S/c1-9(2)15(23)25-12-5-11(7-14(22)21-27-17(18,19)20)6-13(8-12)26-16(24)10(3)4/h5-6,8H,1,3,7H2,2,4H3,(H,21,22). The van der Waals surface area contributed by atoms with Crippen LogP contribution in [-0.4, -0.2) is 23.4 Å². The lowest BCUT2D eigenvalue weighted by Crippen LogP contribution is -2.22. The van der Waals surface area contributed by atoms with Crippen molar-refractivity contribution in [2.75, 3.05) is 0 Å². The third kappa shape index (κ3) is 8.45. The summed E-state index contributed by atoms with van der Waals surface area (Å²) >= 11 is -0.695. The average molecular weight is 403 g/mol. The van der Waals surface area contributed by atoms with Crippen LogP contribution in [0, 0.1) is 0 Å². The summed E-state index contributed by atoms with van der Waals surface area (Å²) in [7, 11) is 0. The summed E-state index contributed by atoms with van der Waals surface area (Å²) in [6, 6.07) is 3.74. The number of amides is 1. The Balaban J connectivity index is 3.04. The molecule has 0 unspecified atom stereocenters. The number of ether oxygens (including phenoxy) is 2. The zero-order valence-electron chi connectivity index (χ0n) is 14.4. The third-order valence-electron chi connectivity index (χ3n) is 2.70. The van der Waals surface area contributed by atoms with Crippen LogP contribution in [0.15, 0.2) is 42.5 Å². The van der Waals surface area contributed by atoms with Gasteiger partial charge in [0.1, 0.15) is 11.5 Å². The molecule has 1 aromatic rings. The van der Waals surface area contributed by atoms with E-state index in [2.05, 4.69) is 13.2 Å².